The van der Waals surface area contributed by atoms with E-state index in [0.717, 1.165) is 22.8 Å². The third-order valence-electron chi connectivity index (χ3n) is 2.73. The Bertz CT molecular complexity index is 410. The molecule has 1 aliphatic heterocycles. The van der Waals surface area contributed by atoms with Crippen LogP contribution >= 0.6 is 11.8 Å². The quantitative estimate of drug-likeness (QED) is 0.634. The largest absolute Gasteiger partial charge is 0.479 e. The number of carbonyl (C=O) groups is 1. The van der Waals surface area contributed by atoms with E-state index in [-0.39, 0.29) is 6.10 Å². The molecule has 2 rings (SSSR count). The Hall–Kier alpha value is -1.20. The van der Waals surface area contributed by atoms with Gasteiger partial charge in [-0.05, 0) is 25.0 Å². The highest BCUT2D eigenvalue weighted by Crippen LogP contribution is 2.29. The molecule has 0 amide bonds. The third-order valence-corrected chi connectivity index (χ3v) is 3.95. The summed E-state index contributed by atoms with van der Waals surface area (Å²) in [5.74, 6) is -0.116. The van der Waals surface area contributed by atoms with Gasteiger partial charge in [0.05, 0.1) is 6.10 Å². The van der Waals surface area contributed by atoms with Gasteiger partial charge >= 0.3 is 5.97 Å². The number of carboxylic acids is 1. The van der Waals surface area contributed by atoms with Crippen LogP contribution in [0.4, 0.5) is 5.69 Å². The summed E-state index contributed by atoms with van der Waals surface area (Å²) in [6, 6.07) is 7.65. The smallest absolute Gasteiger partial charge is 0.332 e. The fourth-order valence-corrected chi connectivity index (χ4v) is 2.82. The Labute approximate surface area is 104 Å². The number of hydrogen-bond donors (Lipinski definition) is 2. The minimum atomic E-state index is -0.864. The van der Waals surface area contributed by atoms with Crippen molar-refractivity contribution in [3.8, 4) is 0 Å². The molecule has 0 aliphatic carbocycles. The van der Waals surface area contributed by atoms with Gasteiger partial charge in [0.15, 0.2) is 6.10 Å². The van der Waals surface area contributed by atoms with Gasteiger partial charge in [0, 0.05) is 16.3 Å². The van der Waals surface area contributed by atoms with Gasteiger partial charge in [-0.3, -0.25) is 0 Å². The predicted octanol–water partition coefficient (Wildman–Crippen LogP) is 1.99. The van der Waals surface area contributed by atoms with E-state index in [1.54, 1.807) is 11.8 Å². The van der Waals surface area contributed by atoms with Crippen LogP contribution in [0.25, 0.3) is 0 Å². The van der Waals surface area contributed by atoms with E-state index >= 15 is 0 Å². The average Bonchev–Trinajstić information content (AvgIpc) is 2.77. The summed E-state index contributed by atoms with van der Waals surface area (Å²) in [7, 11) is 0. The van der Waals surface area contributed by atoms with E-state index < -0.39 is 12.1 Å². The van der Waals surface area contributed by atoms with E-state index in [4.69, 9.17) is 15.6 Å². The predicted molar refractivity (Wildman–Crippen MR) is 67.1 cm³/mol. The number of thioether (sulfide) groups is 1. The summed E-state index contributed by atoms with van der Waals surface area (Å²) in [4.78, 5) is 11.7. The van der Waals surface area contributed by atoms with E-state index in [1.807, 2.05) is 24.3 Å². The van der Waals surface area contributed by atoms with Gasteiger partial charge in [-0.1, -0.05) is 12.1 Å². The summed E-state index contributed by atoms with van der Waals surface area (Å²) in [5, 5.41) is 8.81. The molecule has 0 aromatic heterocycles. The number of nitrogen functional groups attached to an aromatic ring is 1. The summed E-state index contributed by atoms with van der Waals surface area (Å²) >= 11 is 1.62. The van der Waals surface area contributed by atoms with Crippen molar-refractivity contribution in [2.75, 3.05) is 11.5 Å². The molecule has 1 aliphatic rings. The van der Waals surface area contributed by atoms with Crippen LogP contribution < -0.4 is 5.73 Å². The van der Waals surface area contributed by atoms with Crippen molar-refractivity contribution < 1.29 is 14.6 Å². The highest BCUT2D eigenvalue weighted by molar-refractivity contribution is 7.99. The summed E-state index contributed by atoms with van der Waals surface area (Å²) in [5.41, 5.74) is 6.58. The molecule has 92 valence electrons. The van der Waals surface area contributed by atoms with Gasteiger partial charge in [0.25, 0.3) is 0 Å². The van der Waals surface area contributed by atoms with E-state index in [9.17, 15) is 4.79 Å². The number of carboxylic acid groups (broad SMARTS) is 1. The number of para-hydroxylation sites is 1. The Morgan fingerprint density at radius 2 is 2.24 bits per heavy atom. The molecule has 1 saturated heterocycles. The van der Waals surface area contributed by atoms with Crippen molar-refractivity contribution in [2.24, 2.45) is 0 Å². The van der Waals surface area contributed by atoms with Gasteiger partial charge in [0.1, 0.15) is 0 Å². The van der Waals surface area contributed by atoms with Crippen LogP contribution in [0.15, 0.2) is 29.2 Å². The molecule has 3 N–H and O–H groups in total. The van der Waals surface area contributed by atoms with Gasteiger partial charge in [0.2, 0.25) is 0 Å². The molecule has 2 unspecified atom stereocenters. The third kappa shape index (κ3) is 3.14. The van der Waals surface area contributed by atoms with E-state index in [0.29, 0.717) is 6.42 Å². The number of anilines is 1. The lowest BCUT2D eigenvalue weighted by molar-refractivity contribution is -0.148. The molecule has 0 spiro atoms. The number of ether oxygens (including phenoxy) is 1. The van der Waals surface area contributed by atoms with Crippen LogP contribution in [0.5, 0.6) is 0 Å². The van der Waals surface area contributed by atoms with E-state index in [1.165, 1.54) is 0 Å². The second-order valence-electron chi connectivity index (χ2n) is 4.01. The fraction of sp³-hybridized carbons (Fsp3) is 0.417. The van der Waals surface area contributed by atoms with E-state index in [2.05, 4.69) is 0 Å². The molecule has 2 atom stereocenters. The maximum Gasteiger partial charge on any atom is 0.332 e. The van der Waals surface area contributed by atoms with Gasteiger partial charge < -0.3 is 15.6 Å². The SMILES string of the molecule is Nc1ccccc1SCC1CCC(C(=O)O)O1. The first-order chi connectivity index (χ1) is 8.16. The van der Waals surface area contributed by atoms with Gasteiger partial charge in [-0.2, -0.15) is 0 Å². The van der Waals surface area contributed by atoms with Crippen molar-refractivity contribution in [1.29, 1.82) is 0 Å². The van der Waals surface area contributed by atoms with Crippen molar-refractivity contribution >= 4 is 23.4 Å². The molecule has 1 heterocycles. The fourth-order valence-electron chi connectivity index (χ4n) is 1.80. The molecular formula is C12H15NO3S. The highest BCUT2D eigenvalue weighted by atomic mass is 32.2. The Morgan fingerprint density at radius 1 is 1.47 bits per heavy atom. The molecule has 17 heavy (non-hydrogen) atoms. The Kier molecular flexibility index (Phi) is 3.91. The van der Waals surface area contributed by atoms with Crippen LogP contribution in [0, 0.1) is 0 Å². The zero-order valence-electron chi connectivity index (χ0n) is 9.33. The number of aliphatic carboxylic acids is 1. The number of hydrogen-bond acceptors (Lipinski definition) is 4. The standard InChI is InChI=1S/C12H15NO3S/c13-9-3-1-2-4-11(9)17-7-8-5-6-10(16-8)12(14)15/h1-4,8,10H,5-7,13H2,(H,14,15). The van der Waals surface area contributed by atoms with Crippen LogP contribution in [-0.4, -0.2) is 29.0 Å². The monoisotopic (exact) mass is 253 g/mol. The molecule has 0 saturated carbocycles. The first-order valence-electron chi connectivity index (χ1n) is 5.52. The molecule has 1 aromatic carbocycles. The van der Waals surface area contributed by atoms with Crippen molar-refractivity contribution in [3.05, 3.63) is 24.3 Å². The summed E-state index contributed by atoms with van der Waals surface area (Å²) < 4.78 is 5.42. The summed E-state index contributed by atoms with van der Waals surface area (Å²) in [6.07, 6.45) is 0.788. The van der Waals surface area contributed by atoms with Gasteiger partial charge in [-0.15, -0.1) is 11.8 Å². The highest BCUT2D eigenvalue weighted by Gasteiger charge is 2.30. The Morgan fingerprint density at radius 3 is 2.88 bits per heavy atom. The second kappa shape index (κ2) is 5.42. The van der Waals surface area contributed by atoms with Crippen LogP contribution in [0.3, 0.4) is 0 Å². The molecule has 0 bridgehead atoms. The van der Waals surface area contributed by atoms with Crippen LogP contribution in [0.1, 0.15) is 12.8 Å². The second-order valence-corrected chi connectivity index (χ2v) is 5.07. The lowest BCUT2D eigenvalue weighted by Gasteiger charge is -2.11. The molecular weight excluding hydrogens is 238 g/mol. The van der Waals surface area contributed by atoms with Crippen molar-refractivity contribution in [2.45, 2.75) is 29.9 Å². The van der Waals surface area contributed by atoms with Gasteiger partial charge in [-0.25, -0.2) is 4.79 Å². The van der Waals surface area contributed by atoms with Crippen molar-refractivity contribution in [3.63, 3.8) is 0 Å². The topological polar surface area (TPSA) is 72.6 Å². The molecule has 0 radical (unpaired) electrons. The van der Waals surface area contributed by atoms with Crippen molar-refractivity contribution in [1.82, 2.24) is 0 Å². The zero-order valence-corrected chi connectivity index (χ0v) is 10.2. The number of benzene rings is 1. The van der Waals surface area contributed by atoms with Crippen LogP contribution in [-0.2, 0) is 9.53 Å². The minimum absolute atomic E-state index is 0.0145. The van der Waals surface area contributed by atoms with Crippen LogP contribution in [0.2, 0.25) is 0 Å². The molecule has 4 nitrogen and oxygen atoms in total. The average molecular weight is 253 g/mol. The Balaban J connectivity index is 1.84. The molecule has 1 aromatic rings. The maximum atomic E-state index is 10.7. The number of rotatable bonds is 4. The summed E-state index contributed by atoms with van der Waals surface area (Å²) in [6.45, 7) is 0. The minimum Gasteiger partial charge on any atom is -0.479 e. The first-order valence-corrected chi connectivity index (χ1v) is 6.51. The lowest BCUT2D eigenvalue weighted by atomic mass is 10.2. The molecule has 5 heteroatoms. The first kappa shape index (κ1) is 12.3. The zero-order chi connectivity index (χ0) is 12.3. The normalized spacial score (nSPS) is 23.8. The molecule has 1 fully saturated rings. The lowest BCUT2D eigenvalue weighted by Crippen LogP contribution is -2.21. The maximum absolute atomic E-state index is 10.7. The number of nitrogens with two attached hydrogens (primary N) is 1.